The van der Waals surface area contributed by atoms with Crippen molar-refractivity contribution in [2.45, 2.75) is 6.54 Å². The molecule has 0 spiro atoms. The number of fused-ring (bicyclic) bond motifs is 1. The average molecular weight is 338 g/mol. The number of hydrazine groups is 1. The van der Waals surface area contributed by atoms with Gasteiger partial charge in [-0.15, -0.1) is 0 Å². The Morgan fingerprint density at radius 2 is 1.60 bits per heavy atom. The molecule has 8 nitrogen and oxygen atoms in total. The van der Waals surface area contributed by atoms with Gasteiger partial charge < -0.3 is 0 Å². The summed E-state index contributed by atoms with van der Waals surface area (Å²) in [6, 6.07) is 14.8. The second kappa shape index (κ2) is 6.83. The summed E-state index contributed by atoms with van der Waals surface area (Å²) in [5.41, 5.74) is 4.02. The molecule has 0 atom stereocenters. The highest BCUT2D eigenvalue weighted by atomic mass is 16.2. The van der Waals surface area contributed by atoms with E-state index < -0.39 is 23.1 Å². The number of para-hydroxylation sites is 1. The van der Waals surface area contributed by atoms with Crippen molar-refractivity contribution in [2.24, 2.45) is 0 Å². The summed E-state index contributed by atoms with van der Waals surface area (Å²) in [5.74, 6) is -1.09. The van der Waals surface area contributed by atoms with Gasteiger partial charge in [0, 0.05) is 5.56 Å². The van der Waals surface area contributed by atoms with Gasteiger partial charge in [0.1, 0.15) is 6.54 Å². The minimum absolute atomic E-state index is 0.295. The summed E-state index contributed by atoms with van der Waals surface area (Å²) in [6.07, 6.45) is 0. The number of nitrogens with zero attached hydrogens (tertiary/aromatic N) is 1. The molecule has 0 aliphatic carbocycles. The third-order valence-corrected chi connectivity index (χ3v) is 3.56. The van der Waals surface area contributed by atoms with Gasteiger partial charge in [-0.05, 0) is 24.3 Å². The van der Waals surface area contributed by atoms with Crippen LogP contribution in [0.5, 0.6) is 0 Å². The molecule has 2 aromatic carbocycles. The number of H-pyrrole nitrogens is 1. The van der Waals surface area contributed by atoms with Crippen LogP contribution in [0.1, 0.15) is 10.4 Å². The van der Waals surface area contributed by atoms with Crippen LogP contribution in [0.3, 0.4) is 0 Å². The Labute approximate surface area is 141 Å². The lowest BCUT2D eigenvalue weighted by atomic mass is 10.2. The second-order valence-corrected chi connectivity index (χ2v) is 5.23. The van der Waals surface area contributed by atoms with E-state index in [1.54, 1.807) is 54.6 Å². The van der Waals surface area contributed by atoms with Crippen LogP contribution in [0.15, 0.2) is 64.2 Å². The summed E-state index contributed by atoms with van der Waals surface area (Å²) in [4.78, 5) is 49.9. The molecule has 3 rings (SSSR count). The van der Waals surface area contributed by atoms with Crippen molar-refractivity contribution in [1.29, 1.82) is 0 Å². The van der Waals surface area contributed by atoms with Crippen LogP contribution in [0, 0.1) is 0 Å². The van der Waals surface area contributed by atoms with Gasteiger partial charge in [0.15, 0.2) is 0 Å². The molecular formula is C17H14N4O4. The number of rotatable bonds is 3. The van der Waals surface area contributed by atoms with Gasteiger partial charge in [0.05, 0.1) is 10.9 Å². The highest BCUT2D eigenvalue weighted by Gasteiger charge is 2.11. The zero-order valence-electron chi connectivity index (χ0n) is 13.0. The minimum atomic E-state index is -0.701. The summed E-state index contributed by atoms with van der Waals surface area (Å²) in [7, 11) is 0. The highest BCUT2D eigenvalue weighted by Crippen LogP contribution is 2.06. The molecule has 0 fully saturated rings. The lowest BCUT2D eigenvalue weighted by molar-refractivity contribution is -0.122. The number of carbonyl (C=O) groups excluding carboxylic acids is 2. The fourth-order valence-corrected chi connectivity index (χ4v) is 2.37. The average Bonchev–Trinajstić information content (AvgIpc) is 2.64. The lowest BCUT2D eigenvalue weighted by Gasteiger charge is -2.10. The fraction of sp³-hybridized carbons (Fsp3) is 0.0588. The fourth-order valence-electron chi connectivity index (χ4n) is 2.37. The molecule has 3 N–H and O–H groups in total. The van der Waals surface area contributed by atoms with Crippen molar-refractivity contribution in [1.82, 2.24) is 20.4 Å². The Hall–Kier alpha value is -3.68. The first-order valence-electron chi connectivity index (χ1n) is 7.42. The maximum absolute atomic E-state index is 12.1. The molecule has 0 saturated heterocycles. The molecule has 126 valence electrons. The summed E-state index contributed by atoms with van der Waals surface area (Å²) >= 11 is 0. The number of hydrogen-bond acceptors (Lipinski definition) is 4. The van der Waals surface area contributed by atoms with Gasteiger partial charge in [-0.3, -0.25) is 34.8 Å². The topological polar surface area (TPSA) is 113 Å². The highest BCUT2D eigenvalue weighted by molar-refractivity contribution is 5.95. The monoisotopic (exact) mass is 338 g/mol. The number of benzene rings is 2. The summed E-state index contributed by atoms with van der Waals surface area (Å²) < 4.78 is 1.13. The van der Waals surface area contributed by atoms with Gasteiger partial charge in [-0.1, -0.05) is 30.3 Å². The van der Waals surface area contributed by atoms with E-state index in [4.69, 9.17) is 0 Å². The smallest absolute Gasteiger partial charge is 0.284 e. The van der Waals surface area contributed by atoms with Crippen LogP contribution in [0.4, 0.5) is 0 Å². The largest absolute Gasteiger partial charge is 0.329 e. The predicted octanol–water partition coefficient (Wildman–Crippen LogP) is 0.151. The van der Waals surface area contributed by atoms with E-state index in [0.717, 1.165) is 4.57 Å². The molecule has 25 heavy (non-hydrogen) atoms. The third-order valence-electron chi connectivity index (χ3n) is 3.56. The number of carbonyl (C=O) groups is 2. The first kappa shape index (κ1) is 16.2. The second-order valence-electron chi connectivity index (χ2n) is 5.23. The molecule has 2 amide bonds. The van der Waals surface area contributed by atoms with Crippen molar-refractivity contribution in [3.05, 3.63) is 81.0 Å². The SMILES string of the molecule is O=C(Cn1c(=O)[nH]c(=O)c2ccccc21)NNC(=O)c1ccccc1. The van der Waals surface area contributed by atoms with Crippen molar-refractivity contribution in [2.75, 3.05) is 0 Å². The predicted molar refractivity (Wildman–Crippen MR) is 90.9 cm³/mol. The molecule has 3 aromatic rings. The number of aromatic amines is 1. The van der Waals surface area contributed by atoms with Gasteiger partial charge in [0.25, 0.3) is 17.4 Å². The Balaban J connectivity index is 1.76. The van der Waals surface area contributed by atoms with Crippen LogP contribution >= 0.6 is 0 Å². The Morgan fingerprint density at radius 3 is 2.36 bits per heavy atom. The Morgan fingerprint density at radius 1 is 0.920 bits per heavy atom. The first-order chi connectivity index (χ1) is 12.1. The van der Waals surface area contributed by atoms with Crippen molar-refractivity contribution < 1.29 is 9.59 Å². The van der Waals surface area contributed by atoms with E-state index in [1.807, 2.05) is 0 Å². The quantitative estimate of drug-likeness (QED) is 0.590. The molecule has 0 radical (unpaired) electrons. The molecule has 1 aromatic heterocycles. The molecule has 0 unspecified atom stereocenters. The van der Waals surface area contributed by atoms with E-state index in [9.17, 15) is 19.2 Å². The molecular weight excluding hydrogens is 324 g/mol. The maximum atomic E-state index is 12.1. The number of aromatic nitrogens is 2. The van der Waals surface area contributed by atoms with Crippen LogP contribution in [0.25, 0.3) is 10.9 Å². The van der Waals surface area contributed by atoms with Gasteiger partial charge in [0.2, 0.25) is 0 Å². The van der Waals surface area contributed by atoms with Crippen LogP contribution < -0.4 is 22.1 Å². The van der Waals surface area contributed by atoms with Crippen LogP contribution in [0.2, 0.25) is 0 Å². The summed E-state index contributed by atoms with van der Waals surface area (Å²) in [6.45, 7) is -0.356. The Bertz CT molecular complexity index is 1050. The van der Waals surface area contributed by atoms with Gasteiger partial charge in [-0.2, -0.15) is 0 Å². The van der Waals surface area contributed by atoms with Crippen molar-refractivity contribution >= 4 is 22.7 Å². The standard InChI is InChI=1S/C17H14N4O4/c22-14(19-20-15(23)11-6-2-1-3-7-11)10-21-13-9-5-4-8-12(13)16(24)18-17(21)25/h1-9H,10H2,(H,19,22)(H,20,23)(H,18,24,25). The van der Waals surface area contributed by atoms with Crippen molar-refractivity contribution in [3.63, 3.8) is 0 Å². The number of amides is 2. The molecule has 0 aliphatic rings. The zero-order chi connectivity index (χ0) is 17.8. The van der Waals surface area contributed by atoms with Crippen LogP contribution in [-0.2, 0) is 11.3 Å². The molecule has 0 aliphatic heterocycles. The third kappa shape index (κ3) is 3.47. The van der Waals surface area contributed by atoms with E-state index in [2.05, 4.69) is 15.8 Å². The van der Waals surface area contributed by atoms with Crippen LogP contribution in [-0.4, -0.2) is 21.4 Å². The minimum Gasteiger partial charge on any atom is -0.284 e. The molecule has 0 saturated carbocycles. The van der Waals surface area contributed by atoms with E-state index in [1.165, 1.54) is 0 Å². The molecule has 8 heteroatoms. The number of nitrogens with one attached hydrogen (secondary N) is 3. The lowest BCUT2D eigenvalue weighted by Crippen LogP contribution is -2.44. The summed E-state index contributed by atoms with van der Waals surface area (Å²) in [5, 5.41) is 0.295. The Kier molecular flexibility index (Phi) is 4.42. The first-order valence-corrected chi connectivity index (χ1v) is 7.42. The number of hydrogen-bond donors (Lipinski definition) is 3. The maximum Gasteiger partial charge on any atom is 0.329 e. The molecule has 0 bridgehead atoms. The molecule has 1 heterocycles. The zero-order valence-corrected chi connectivity index (χ0v) is 13.0. The van der Waals surface area contributed by atoms with E-state index in [-0.39, 0.29) is 6.54 Å². The van der Waals surface area contributed by atoms with E-state index >= 15 is 0 Å². The van der Waals surface area contributed by atoms with E-state index in [0.29, 0.717) is 16.5 Å². The normalized spacial score (nSPS) is 10.4. The van der Waals surface area contributed by atoms with Crippen molar-refractivity contribution in [3.8, 4) is 0 Å². The van der Waals surface area contributed by atoms with Gasteiger partial charge in [-0.25, -0.2) is 4.79 Å². The van der Waals surface area contributed by atoms with Gasteiger partial charge >= 0.3 is 5.69 Å².